The van der Waals surface area contributed by atoms with Crippen LogP contribution in [0.3, 0.4) is 0 Å². The average molecular weight is 341 g/mol. The molecule has 2 aromatic heterocycles. The lowest BCUT2D eigenvalue weighted by molar-refractivity contribution is -0.131. The minimum absolute atomic E-state index is 0.211. The van der Waals surface area contributed by atoms with Gasteiger partial charge in [0.2, 0.25) is 5.91 Å². The summed E-state index contributed by atoms with van der Waals surface area (Å²) in [7, 11) is 0. The van der Waals surface area contributed by atoms with Crippen LogP contribution in [0.2, 0.25) is 0 Å². The molecule has 6 nitrogen and oxygen atoms in total. The summed E-state index contributed by atoms with van der Waals surface area (Å²) < 4.78 is 1.95. The number of rotatable bonds is 4. The summed E-state index contributed by atoms with van der Waals surface area (Å²) in [5.74, 6) is 1.25. The van der Waals surface area contributed by atoms with Crippen molar-refractivity contribution in [2.24, 2.45) is 0 Å². The van der Waals surface area contributed by atoms with Crippen LogP contribution in [0, 0.1) is 27.7 Å². The topological polar surface area (TPSA) is 54.3 Å². The fourth-order valence-electron chi connectivity index (χ4n) is 3.34. The summed E-state index contributed by atoms with van der Waals surface area (Å²) >= 11 is 0. The normalized spacial score (nSPS) is 14.9. The first-order valence-corrected chi connectivity index (χ1v) is 8.92. The number of hydrogen-bond donors (Lipinski definition) is 0. The monoisotopic (exact) mass is 341 g/mol. The van der Waals surface area contributed by atoms with E-state index in [0.29, 0.717) is 13.0 Å². The molecule has 6 heteroatoms. The summed E-state index contributed by atoms with van der Waals surface area (Å²) in [6.45, 7) is 12.1. The van der Waals surface area contributed by atoms with Crippen molar-refractivity contribution in [3.8, 4) is 0 Å². The molecule has 0 radical (unpaired) electrons. The second-order valence-electron chi connectivity index (χ2n) is 6.78. The molecule has 1 aliphatic rings. The summed E-state index contributed by atoms with van der Waals surface area (Å²) in [4.78, 5) is 21.2. The first-order valence-electron chi connectivity index (χ1n) is 8.92. The Bertz CT molecular complexity index is 759. The number of piperazine rings is 1. The minimum Gasteiger partial charge on any atom is -0.353 e. The molecule has 0 atom stereocenters. The standard InChI is InChI=1S/C19H27N5O/c1-14-6-5-8-20-19(14)23-12-10-22(11-13-23)18(25)7-9-24-17(4)15(2)16(3)21-24/h5-6,8H,7,9-13H2,1-4H3. The number of pyridine rings is 1. The van der Waals surface area contributed by atoms with Gasteiger partial charge in [-0.05, 0) is 44.9 Å². The van der Waals surface area contributed by atoms with Gasteiger partial charge in [0.25, 0.3) is 0 Å². The number of carbonyl (C=O) groups excluding carboxylic acids is 1. The highest BCUT2D eigenvalue weighted by Crippen LogP contribution is 2.18. The lowest BCUT2D eigenvalue weighted by Crippen LogP contribution is -2.49. The summed E-state index contributed by atoms with van der Waals surface area (Å²) in [5, 5.41) is 4.52. The van der Waals surface area contributed by atoms with Crippen molar-refractivity contribution in [3.05, 3.63) is 40.8 Å². The second-order valence-corrected chi connectivity index (χ2v) is 6.78. The van der Waals surface area contributed by atoms with E-state index < -0.39 is 0 Å². The van der Waals surface area contributed by atoms with Crippen molar-refractivity contribution in [3.63, 3.8) is 0 Å². The Labute approximate surface area is 149 Å². The van der Waals surface area contributed by atoms with Gasteiger partial charge >= 0.3 is 0 Å². The van der Waals surface area contributed by atoms with Gasteiger partial charge < -0.3 is 9.80 Å². The van der Waals surface area contributed by atoms with Crippen LogP contribution in [0.25, 0.3) is 0 Å². The van der Waals surface area contributed by atoms with Gasteiger partial charge in [-0.25, -0.2) is 4.98 Å². The molecule has 0 aromatic carbocycles. The van der Waals surface area contributed by atoms with Gasteiger partial charge in [0.05, 0.1) is 5.69 Å². The lowest BCUT2D eigenvalue weighted by Gasteiger charge is -2.36. The van der Waals surface area contributed by atoms with E-state index in [1.54, 1.807) is 0 Å². The van der Waals surface area contributed by atoms with E-state index in [2.05, 4.69) is 41.8 Å². The van der Waals surface area contributed by atoms with Gasteiger partial charge in [-0.15, -0.1) is 0 Å². The maximum atomic E-state index is 12.5. The summed E-state index contributed by atoms with van der Waals surface area (Å²) in [6, 6.07) is 4.04. The maximum absolute atomic E-state index is 12.5. The number of anilines is 1. The molecular formula is C19H27N5O. The molecule has 1 aliphatic heterocycles. The molecule has 3 rings (SSSR count). The third kappa shape index (κ3) is 3.67. The number of aromatic nitrogens is 3. The average Bonchev–Trinajstić information content (AvgIpc) is 2.87. The molecule has 0 unspecified atom stereocenters. The van der Waals surface area contributed by atoms with E-state index >= 15 is 0 Å². The van der Waals surface area contributed by atoms with Gasteiger partial charge in [-0.2, -0.15) is 5.10 Å². The third-order valence-corrected chi connectivity index (χ3v) is 5.19. The van der Waals surface area contributed by atoms with Crippen molar-refractivity contribution in [2.75, 3.05) is 31.1 Å². The predicted molar refractivity (Wildman–Crippen MR) is 98.8 cm³/mol. The molecule has 0 spiro atoms. The minimum atomic E-state index is 0.211. The second kappa shape index (κ2) is 7.25. The molecule has 134 valence electrons. The third-order valence-electron chi connectivity index (χ3n) is 5.19. The summed E-state index contributed by atoms with van der Waals surface area (Å²) in [5.41, 5.74) is 4.60. The van der Waals surface area contributed by atoms with Crippen LogP contribution in [-0.4, -0.2) is 51.8 Å². The Balaban J connectivity index is 1.53. The number of amides is 1. The molecule has 25 heavy (non-hydrogen) atoms. The van der Waals surface area contributed by atoms with Crippen molar-refractivity contribution in [2.45, 2.75) is 40.7 Å². The van der Waals surface area contributed by atoms with Crippen LogP contribution in [0.5, 0.6) is 0 Å². The van der Waals surface area contributed by atoms with Gasteiger partial charge in [0.1, 0.15) is 5.82 Å². The van der Waals surface area contributed by atoms with Crippen molar-refractivity contribution in [1.82, 2.24) is 19.7 Å². The van der Waals surface area contributed by atoms with E-state index in [1.165, 1.54) is 11.1 Å². The highest BCUT2D eigenvalue weighted by Gasteiger charge is 2.22. The number of hydrogen-bond acceptors (Lipinski definition) is 4. The fourth-order valence-corrected chi connectivity index (χ4v) is 3.34. The molecule has 1 amide bonds. The first kappa shape index (κ1) is 17.5. The first-order chi connectivity index (χ1) is 12.0. The highest BCUT2D eigenvalue weighted by molar-refractivity contribution is 5.76. The van der Waals surface area contributed by atoms with Gasteiger partial charge in [-0.3, -0.25) is 9.48 Å². The molecule has 1 saturated heterocycles. The van der Waals surface area contributed by atoms with Crippen LogP contribution in [0.1, 0.15) is 28.9 Å². The Kier molecular flexibility index (Phi) is 5.06. The molecule has 1 fully saturated rings. The van der Waals surface area contributed by atoms with Crippen LogP contribution in [0.4, 0.5) is 5.82 Å². The van der Waals surface area contributed by atoms with E-state index in [-0.39, 0.29) is 5.91 Å². The zero-order valence-corrected chi connectivity index (χ0v) is 15.6. The number of aryl methyl sites for hydroxylation is 3. The molecule has 0 aliphatic carbocycles. The molecule has 0 bridgehead atoms. The van der Waals surface area contributed by atoms with E-state index in [9.17, 15) is 4.79 Å². The van der Waals surface area contributed by atoms with Crippen molar-refractivity contribution < 1.29 is 4.79 Å². The number of nitrogens with zero attached hydrogens (tertiary/aromatic N) is 5. The quantitative estimate of drug-likeness (QED) is 0.856. The van der Waals surface area contributed by atoms with Crippen LogP contribution in [0.15, 0.2) is 18.3 Å². The molecule has 0 saturated carbocycles. The molecule has 0 N–H and O–H groups in total. The maximum Gasteiger partial charge on any atom is 0.224 e. The van der Waals surface area contributed by atoms with Crippen LogP contribution < -0.4 is 4.90 Å². The van der Waals surface area contributed by atoms with Crippen molar-refractivity contribution in [1.29, 1.82) is 0 Å². The Hall–Kier alpha value is -2.37. The van der Waals surface area contributed by atoms with Crippen LogP contribution >= 0.6 is 0 Å². The molecular weight excluding hydrogens is 314 g/mol. The SMILES string of the molecule is Cc1cccnc1N1CCN(C(=O)CCn2nc(C)c(C)c2C)CC1. The largest absolute Gasteiger partial charge is 0.353 e. The van der Waals surface area contributed by atoms with Crippen molar-refractivity contribution >= 4 is 11.7 Å². The van der Waals surface area contributed by atoms with Gasteiger partial charge in [0.15, 0.2) is 0 Å². The molecule has 2 aromatic rings. The summed E-state index contributed by atoms with van der Waals surface area (Å²) in [6.07, 6.45) is 2.33. The molecule has 3 heterocycles. The van der Waals surface area contributed by atoms with Gasteiger partial charge in [0, 0.05) is 51.0 Å². The predicted octanol–water partition coefficient (Wildman–Crippen LogP) is 2.25. The lowest BCUT2D eigenvalue weighted by atomic mass is 10.2. The van der Waals surface area contributed by atoms with E-state index in [0.717, 1.165) is 43.4 Å². The zero-order chi connectivity index (χ0) is 18.0. The van der Waals surface area contributed by atoms with E-state index in [1.807, 2.05) is 28.8 Å². The Morgan fingerprint density at radius 3 is 2.44 bits per heavy atom. The van der Waals surface area contributed by atoms with E-state index in [4.69, 9.17) is 0 Å². The highest BCUT2D eigenvalue weighted by atomic mass is 16.2. The smallest absolute Gasteiger partial charge is 0.224 e. The van der Waals surface area contributed by atoms with Gasteiger partial charge in [-0.1, -0.05) is 6.07 Å². The fraction of sp³-hybridized carbons (Fsp3) is 0.526. The van der Waals surface area contributed by atoms with Crippen LogP contribution in [-0.2, 0) is 11.3 Å². The Morgan fingerprint density at radius 1 is 1.12 bits per heavy atom. The number of carbonyl (C=O) groups is 1. The Morgan fingerprint density at radius 2 is 1.84 bits per heavy atom. The zero-order valence-electron chi connectivity index (χ0n) is 15.6.